The molecule has 1 fully saturated rings. The van der Waals surface area contributed by atoms with Crippen LogP contribution in [0.25, 0.3) is 0 Å². The number of hydrogen-bond acceptors (Lipinski definition) is 6. The lowest BCUT2D eigenvalue weighted by Gasteiger charge is -2.11. The number of nitrogens with one attached hydrogen (secondary N) is 2. The molecule has 1 aliphatic rings. The number of rotatable bonds is 5. The molecule has 0 aliphatic heterocycles. The van der Waals surface area contributed by atoms with Gasteiger partial charge in [-0.2, -0.15) is 5.10 Å². The van der Waals surface area contributed by atoms with Gasteiger partial charge in [-0.1, -0.05) is 11.3 Å². The standard InChI is InChI=1S/C18H17FN6O2S/c1-9-4-13(19)12(5-14(9)24-17(27)15-7-21-18(20)28-15)16(26)23-10-6-22-25(8-10)11-2-3-11/h4-8,11H,2-3H2,1H3,(H2,20,21)(H,23,26)(H,24,27). The van der Waals surface area contributed by atoms with Crippen molar-refractivity contribution in [3.8, 4) is 0 Å². The Morgan fingerprint density at radius 3 is 2.71 bits per heavy atom. The molecule has 28 heavy (non-hydrogen) atoms. The molecular formula is C18H17FN6O2S. The van der Waals surface area contributed by atoms with Crippen molar-refractivity contribution in [3.63, 3.8) is 0 Å². The molecule has 8 nitrogen and oxygen atoms in total. The van der Waals surface area contributed by atoms with E-state index in [0.717, 1.165) is 24.2 Å². The first-order valence-electron chi connectivity index (χ1n) is 8.59. The van der Waals surface area contributed by atoms with Crippen LogP contribution in [0.1, 0.15) is 44.5 Å². The molecule has 0 unspecified atom stereocenters. The summed E-state index contributed by atoms with van der Waals surface area (Å²) < 4.78 is 16.2. The fourth-order valence-electron chi connectivity index (χ4n) is 2.70. The van der Waals surface area contributed by atoms with E-state index in [9.17, 15) is 14.0 Å². The van der Waals surface area contributed by atoms with E-state index in [0.29, 0.717) is 27.9 Å². The van der Waals surface area contributed by atoms with Crippen molar-refractivity contribution in [2.45, 2.75) is 25.8 Å². The van der Waals surface area contributed by atoms with Crippen molar-refractivity contribution >= 4 is 39.7 Å². The molecule has 2 aromatic heterocycles. The van der Waals surface area contributed by atoms with Gasteiger partial charge in [0.05, 0.1) is 29.7 Å². The highest BCUT2D eigenvalue weighted by Crippen LogP contribution is 2.34. The largest absolute Gasteiger partial charge is 0.375 e. The summed E-state index contributed by atoms with van der Waals surface area (Å²) in [6.45, 7) is 1.64. The molecule has 1 aliphatic carbocycles. The van der Waals surface area contributed by atoms with Crippen molar-refractivity contribution in [3.05, 3.63) is 52.5 Å². The van der Waals surface area contributed by atoms with E-state index >= 15 is 0 Å². The van der Waals surface area contributed by atoms with Crippen LogP contribution < -0.4 is 16.4 Å². The van der Waals surface area contributed by atoms with Gasteiger partial charge in [0.2, 0.25) is 0 Å². The molecular weight excluding hydrogens is 383 g/mol. The molecule has 2 amide bonds. The molecule has 4 N–H and O–H groups in total. The van der Waals surface area contributed by atoms with E-state index in [1.54, 1.807) is 17.8 Å². The third-order valence-corrected chi connectivity index (χ3v) is 5.16. The van der Waals surface area contributed by atoms with E-state index in [2.05, 4.69) is 20.7 Å². The van der Waals surface area contributed by atoms with Crippen LogP contribution in [0.15, 0.2) is 30.7 Å². The minimum absolute atomic E-state index is 0.177. The van der Waals surface area contributed by atoms with Gasteiger partial charge in [0, 0.05) is 11.9 Å². The number of nitrogens with zero attached hydrogens (tertiary/aromatic N) is 3. The van der Waals surface area contributed by atoms with Crippen LogP contribution >= 0.6 is 11.3 Å². The van der Waals surface area contributed by atoms with Crippen molar-refractivity contribution in [1.82, 2.24) is 14.8 Å². The van der Waals surface area contributed by atoms with Crippen molar-refractivity contribution in [2.75, 3.05) is 16.4 Å². The zero-order valence-electron chi connectivity index (χ0n) is 14.9. The second-order valence-electron chi connectivity index (χ2n) is 6.56. The van der Waals surface area contributed by atoms with Gasteiger partial charge in [-0.05, 0) is 37.5 Å². The lowest BCUT2D eigenvalue weighted by Crippen LogP contribution is -2.16. The number of nitrogen functional groups attached to an aromatic ring is 1. The molecule has 1 saturated carbocycles. The van der Waals surface area contributed by atoms with Crippen molar-refractivity contribution in [2.24, 2.45) is 0 Å². The van der Waals surface area contributed by atoms with Gasteiger partial charge >= 0.3 is 0 Å². The fraction of sp³-hybridized carbons (Fsp3) is 0.222. The number of amides is 2. The van der Waals surface area contributed by atoms with Gasteiger partial charge in [0.15, 0.2) is 5.13 Å². The Balaban J connectivity index is 1.53. The maximum atomic E-state index is 14.4. The first-order valence-corrected chi connectivity index (χ1v) is 9.40. The minimum atomic E-state index is -0.676. The zero-order valence-corrected chi connectivity index (χ0v) is 15.7. The summed E-state index contributed by atoms with van der Waals surface area (Å²) in [5.74, 6) is -1.73. The third-order valence-electron chi connectivity index (χ3n) is 4.33. The molecule has 0 atom stereocenters. The highest BCUT2D eigenvalue weighted by atomic mass is 32.1. The minimum Gasteiger partial charge on any atom is -0.375 e. The van der Waals surface area contributed by atoms with Crippen LogP contribution in [0.4, 0.5) is 20.9 Å². The van der Waals surface area contributed by atoms with Crippen LogP contribution in [0.3, 0.4) is 0 Å². The molecule has 0 saturated heterocycles. The Hall–Kier alpha value is -3.27. The first kappa shape index (κ1) is 18.1. The highest BCUT2D eigenvalue weighted by molar-refractivity contribution is 7.17. The number of thiazole rings is 1. The molecule has 0 bridgehead atoms. The third kappa shape index (κ3) is 3.72. The average Bonchev–Trinajstić information content (AvgIpc) is 3.24. The quantitative estimate of drug-likeness (QED) is 0.608. The number of nitrogens with two attached hydrogens (primary N) is 1. The number of benzene rings is 1. The van der Waals surface area contributed by atoms with Gasteiger partial charge in [-0.25, -0.2) is 9.37 Å². The van der Waals surface area contributed by atoms with Crippen LogP contribution in [-0.4, -0.2) is 26.6 Å². The van der Waals surface area contributed by atoms with E-state index in [4.69, 9.17) is 5.73 Å². The Morgan fingerprint density at radius 1 is 1.25 bits per heavy atom. The normalized spacial score (nSPS) is 13.4. The highest BCUT2D eigenvalue weighted by Gasteiger charge is 2.24. The number of aryl methyl sites for hydroxylation is 1. The molecule has 4 rings (SSSR count). The number of aromatic nitrogens is 3. The summed E-state index contributed by atoms with van der Waals surface area (Å²) in [7, 11) is 0. The predicted octanol–water partition coefficient (Wildman–Crippen LogP) is 3.21. The Bertz CT molecular complexity index is 1070. The molecule has 3 aromatic rings. The van der Waals surface area contributed by atoms with Crippen LogP contribution in [0.2, 0.25) is 0 Å². The topological polar surface area (TPSA) is 115 Å². The van der Waals surface area contributed by atoms with Gasteiger partial charge in [0.25, 0.3) is 11.8 Å². The maximum absolute atomic E-state index is 14.4. The van der Waals surface area contributed by atoms with E-state index in [1.807, 2.05) is 0 Å². The van der Waals surface area contributed by atoms with Crippen LogP contribution in [0.5, 0.6) is 0 Å². The van der Waals surface area contributed by atoms with E-state index < -0.39 is 17.6 Å². The first-order chi connectivity index (χ1) is 13.4. The Morgan fingerprint density at radius 2 is 2.04 bits per heavy atom. The number of anilines is 3. The number of hydrogen-bond donors (Lipinski definition) is 3. The summed E-state index contributed by atoms with van der Waals surface area (Å²) >= 11 is 1.04. The predicted molar refractivity (Wildman–Crippen MR) is 104 cm³/mol. The number of carbonyl (C=O) groups is 2. The van der Waals surface area contributed by atoms with Crippen LogP contribution in [-0.2, 0) is 0 Å². The van der Waals surface area contributed by atoms with Crippen LogP contribution in [0, 0.1) is 12.7 Å². The number of carbonyl (C=O) groups excluding carboxylic acids is 2. The van der Waals surface area contributed by atoms with Gasteiger partial charge in [-0.3, -0.25) is 14.3 Å². The lowest BCUT2D eigenvalue weighted by molar-refractivity contribution is 0.101. The molecule has 1 aromatic carbocycles. The summed E-state index contributed by atoms with van der Waals surface area (Å²) in [4.78, 5) is 29.0. The molecule has 0 spiro atoms. The molecule has 10 heteroatoms. The van der Waals surface area contributed by atoms with E-state index in [-0.39, 0.29) is 10.7 Å². The Labute approximate surface area is 163 Å². The second kappa shape index (κ2) is 7.04. The lowest BCUT2D eigenvalue weighted by atomic mass is 10.1. The Kier molecular flexibility index (Phi) is 4.55. The molecule has 0 radical (unpaired) electrons. The number of halogens is 1. The summed E-state index contributed by atoms with van der Waals surface area (Å²) in [5.41, 5.74) is 6.67. The SMILES string of the molecule is Cc1cc(F)c(C(=O)Nc2cnn(C3CC3)c2)cc1NC(=O)c1cnc(N)s1. The maximum Gasteiger partial charge on any atom is 0.267 e. The summed E-state index contributed by atoms with van der Waals surface area (Å²) in [5, 5.41) is 9.77. The average molecular weight is 400 g/mol. The van der Waals surface area contributed by atoms with Gasteiger partial charge < -0.3 is 16.4 Å². The smallest absolute Gasteiger partial charge is 0.267 e. The van der Waals surface area contributed by atoms with Crippen molar-refractivity contribution in [1.29, 1.82) is 0 Å². The fourth-order valence-corrected chi connectivity index (χ4v) is 3.28. The molecule has 2 heterocycles. The van der Waals surface area contributed by atoms with Gasteiger partial charge in [-0.15, -0.1) is 0 Å². The molecule has 144 valence electrons. The van der Waals surface area contributed by atoms with E-state index in [1.165, 1.54) is 24.5 Å². The second-order valence-corrected chi connectivity index (χ2v) is 7.62. The summed E-state index contributed by atoms with van der Waals surface area (Å²) in [6, 6.07) is 2.90. The van der Waals surface area contributed by atoms with Gasteiger partial charge in [0.1, 0.15) is 10.7 Å². The zero-order chi connectivity index (χ0) is 19.8. The summed E-state index contributed by atoms with van der Waals surface area (Å²) in [6.07, 6.45) is 6.74. The van der Waals surface area contributed by atoms with Crippen molar-refractivity contribution < 1.29 is 14.0 Å². The monoisotopic (exact) mass is 400 g/mol.